The van der Waals surface area contributed by atoms with Crippen molar-refractivity contribution >= 4 is 11.7 Å². The maximum absolute atomic E-state index is 10.7. The highest BCUT2D eigenvalue weighted by atomic mass is 16.1. The Hall–Kier alpha value is -1.52. The van der Waals surface area contributed by atoms with Crippen molar-refractivity contribution < 1.29 is 4.79 Å². The normalized spacial score (nSPS) is 10.1. The van der Waals surface area contributed by atoms with Crippen molar-refractivity contribution in [1.29, 1.82) is 0 Å². The number of amides is 1. The molecule has 0 saturated heterocycles. The Morgan fingerprint density at radius 3 is 2.83 bits per heavy atom. The molecule has 0 radical (unpaired) electrons. The highest BCUT2D eigenvalue weighted by Crippen LogP contribution is 2.07. The smallest absolute Gasteiger partial charge is 0.254 e. The lowest BCUT2D eigenvalue weighted by molar-refractivity contribution is 0.100. The summed E-state index contributed by atoms with van der Waals surface area (Å²) in [6, 6.07) is 0. The number of carbonyl (C=O) groups is 1. The van der Waals surface area contributed by atoms with Crippen LogP contribution in [0.4, 0.5) is 5.82 Å². The van der Waals surface area contributed by atoms with E-state index in [1.807, 2.05) is 6.92 Å². The highest BCUT2D eigenvalue weighted by Gasteiger charge is 2.09. The van der Waals surface area contributed by atoms with Gasteiger partial charge < -0.3 is 11.5 Å². The summed E-state index contributed by atoms with van der Waals surface area (Å²) in [6.45, 7) is 2.76. The van der Waals surface area contributed by atoms with Crippen molar-refractivity contribution in [2.24, 2.45) is 5.73 Å². The molecule has 0 aliphatic carbocycles. The van der Waals surface area contributed by atoms with Gasteiger partial charge in [0.15, 0.2) is 5.82 Å². The Morgan fingerprint density at radius 2 is 2.42 bits per heavy atom. The first kappa shape index (κ1) is 8.58. The van der Waals surface area contributed by atoms with Gasteiger partial charge >= 0.3 is 0 Å². The number of hydrogen-bond acceptors (Lipinski definition) is 3. The fourth-order valence-corrected chi connectivity index (χ4v) is 0.970. The van der Waals surface area contributed by atoms with Crippen LogP contribution in [0.1, 0.15) is 23.7 Å². The third-order valence-electron chi connectivity index (χ3n) is 1.51. The van der Waals surface area contributed by atoms with Gasteiger partial charge in [0.05, 0.1) is 0 Å². The second-order valence-electron chi connectivity index (χ2n) is 2.56. The number of rotatable bonds is 3. The number of carbonyl (C=O) groups excluding carboxylic acids is 1. The van der Waals surface area contributed by atoms with Crippen LogP contribution in [0.5, 0.6) is 0 Å². The van der Waals surface area contributed by atoms with Gasteiger partial charge in [-0.1, -0.05) is 6.92 Å². The van der Waals surface area contributed by atoms with Crippen molar-refractivity contribution in [2.75, 3.05) is 5.73 Å². The Balaban J connectivity index is 2.92. The summed E-state index contributed by atoms with van der Waals surface area (Å²) < 4.78 is 1.62. The molecule has 0 fully saturated rings. The summed E-state index contributed by atoms with van der Waals surface area (Å²) in [6.07, 6.45) is 2.51. The zero-order chi connectivity index (χ0) is 9.14. The third kappa shape index (κ3) is 1.55. The predicted molar refractivity (Wildman–Crippen MR) is 45.4 cm³/mol. The highest BCUT2D eigenvalue weighted by molar-refractivity contribution is 5.96. The van der Waals surface area contributed by atoms with Crippen LogP contribution in [-0.2, 0) is 6.54 Å². The van der Waals surface area contributed by atoms with Crippen LogP contribution in [0.15, 0.2) is 6.20 Å². The molecule has 0 spiro atoms. The van der Waals surface area contributed by atoms with Gasteiger partial charge in [-0.3, -0.25) is 9.48 Å². The van der Waals surface area contributed by atoms with Crippen LogP contribution in [0.2, 0.25) is 0 Å². The zero-order valence-corrected chi connectivity index (χ0v) is 6.95. The molecular weight excluding hydrogens is 156 g/mol. The molecule has 1 aromatic heterocycles. The van der Waals surface area contributed by atoms with Gasteiger partial charge in [-0.05, 0) is 6.42 Å². The molecule has 5 nitrogen and oxygen atoms in total. The van der Waals surface area contributed by atoms with Gasteiger partial charge in [0.2, 0.25) is 0 Å². The largest absolute Gasteiger partial charge is 0.382 e. The van der Waals surface area contributed by atoms with Gasteiger partial charge in [-0.15, -0.1) is 0 Å². The van der Waals surface area contributed by atoms with E-state index in [0.717, 1.165) is 13.0 Å². The lowest BCUT2D eigenvalue weighted by Crippen LogP contribution is -2.11. The molecule has 0 unspecified atom stereocenters. The van der Waals surface area contributed by atoms with Gasteiger partial charge in [0, 0.05) is 12.7 Å². The van der Waals surface area contributed by atoms with Crippen molar-refractivity contribution in [3.05, 3.63) is 11.8 Å². The maximum Gasteiger partial charge on any atom is 0.254 e. The fraction of sp³-hybridized carbons (Fsp3) is 0.429. The molecule has 12 heavy (non-hydrogen) atoms. The van der Waals surface area contributed by atoms with Crippen LogP contribution < -0.4 is 11.5 Å². The number of aryl methyl sites for hydroxylation is 1. The van der Waals surface area contributed by atoms with E-state index in [1.165, 1.54) is 0 Å². The molecule has 4 N–H and O–H groups in total. The molecule has 0 aliphatic heterocycles. The molecule has 0 aliphatic rings. The van der Waals surface area contributed by atoms with Crippen molar-refractivity contribution in [2.45, 2.75) is 19.9 Å². The van der Waals surface area contributed by atoms with E-state index in [2.05, 4.69) is 5.10 Å². The second kappa shape index (κ2) is 3.25. The summed E-state index contributed by atoms with van der Waals surface area (Å²) in [7, 11) is 0. The maximum atomic E-state index is 10.7. The lowest BCUT2D eigenvalue weighted by atomic mass is 10.3. The molecule has 0 atom stereocenters. The lowest BCUT2D eigenvalue weighted by Gasteiger charge is -1.93. The number of primary amides is 1. The zero-order valence-electron chi connectivity index (χ0n) is 6.95. The summed E-state index contributed by atoms with van der Waals surface area (Å²) >= 11 is 0. The minimum absolute atomic E-state index is 0.205. The average molecular weight is 168 g/mol. The monoisotopic (exact) mass is 168 g/mol. The minimum Gasteiger partial charge on any atom is -0.382 e. The van der Waals surface area contributed by atoms with E-state index in [9.17, 15) is 4.79 Å². The molecule has 5 heteroatoms. The molecule has 1 amide bonds. The van der Waals surface area contributed by atoms with E-state index in [0.29, 0.717) is 5.56 Å². The number of hydrogen-bond donors (Lipinski definition) is 2. The Kier molecular flexibility index (Phi) is 2.32. The van der Waals surface area contributed by atoms with Gasteiger partial charge in [-0.25, -0.2) is 0 Å². The third-order valence-corrected chi connectivity index (χ3v) is 1.51. The number of nitrogens with zero attached hydrogens (tertiary/aromatic N) is 2. The summed E-state index contributed by atoms with van der Waals surface area (Å²) in [5.74, 6) is -0.328. The van der Waals surface area contributed by atoms with Crippen LogP contribution in [0.3, 0.4) is 0 Å². The van der Waals surface area contributed by atoms with E-state index < -0.39 is 5.91 Å². The SMILES string of the molecule is CCCn1cc(C(N)=O)c(N)n1. The molecule has 1 aromatic rings. The van der Waals surface area contributed by atoms with Crippen LogP contribution in [0.25, 0.3) is 0 Å². The Morgan fingerprint density at radius 1 is 1.75 bits per heavy atom. The van der Waals surface area contributed by atoms with Crippen molar-refractivity contribution in [1.82, 2.24) is 9.78 Å². The molecule has 0 saturated carbocycles. The van der Waals surface area contributed by atoms with Gasteiger partial charge in [-0.2, -0.15) is 5.10 Å². The van der Waals surface area contributed by atoms with Crippen LogP contribution in [0, 0.1) is 0 Å². The standard InChI is InChI=1S/C7H12N4O/c1-2-3-11-4-5(7(9)12)6(8)10-11/h4H,2-3H2,1H3,(H2,8,10)(H2,9,12). The van der Waals surface area contributed by atoms with E-state index in [1.54, 1.807) is 10.9 Å². The predicted octanol–water partition coefficient (Wildman–Crippen LogP) is -0.0258. The number of anilines is 1. The van der Waals surface area contributed by atoms with E-state index in [4.69, 9.17) is 11.5 Å². The number of nitrogens with two attached hydrogens (primary N) is 2. The van der Waals surface area contributed by atoms with E-state index >= 15 is 0 Å². The second-order valence-corrected chi connectivity index (χ2v) is 2.56. The van der Waals surface area contributed by atoms with Crippen LogP contribution >= 0.6 is 0 Å². The Bertz CT molecular complexity index is 292. The fourth-order valence-electron chi connectivity index (χ4n) is 0.970. The molecule has 1 heterocycles. The topological polar surface area (TPSA) is 86.9 Å². The first-order valence-corrected chi connectivity index (χ1v) is 3.78. The molecule has 66 valence electrons. The van der Waals surface area contributed by atoms with Gasteiger partial charge in [0.25, 0.3) is 5.91 Å². The summed E-state index contributed by atoms with van der Waals surface area (Å²) in [5, 5.41) is 3.92. The molecule has 1 rings (SSSR count). The summed E-state index contributed by atoms with van der Waals surface area (Å²) in [5.41, 5.74) is 10.8. The summed E-state index contributed by atoms with van der Waals surface area (Å²) in [4.78, 5) is 10.7. The van der Waals surface area contributed by atoms with Gasteiger partial charge in [0.1, 0.15) is 5.56 Å². The van der Waals surface area contributed by atoms with Crippen molar-refractivity contribution in [3.63, 3.8) is 0 Å². The molecule has 0 bridgehead atoms. The van der Waals surface area contributed by atoms with E-state index in [-0.39, 0.29) is 5.82 Å². The van der Waals surface area contributed by atoms with Crippen LogP contribution in [-0.4, -0.2) is 15.7 Å². The van der Waals surface area contributed by atoms with Crippen molar-refractivity contribution in [3.8, 4) is 0 Å². The quantitative estimate of drug-likeness (QED) is 0.664. The number of aromatic nitrogens is 2. The molecular formula is C7H12N4O. The first-order valence-electron chi connectivity index (χ1n) is 3.78. The average Bonchev–Trinajstić information content (AvgIpc) is 2.32. The first-order chi connectivity index (χ1) is 5.65. The minimum atomic E-state index is -0.533. The molecule has 0 aromatic carbocycles. The number of nitrogen functional groups attached to an aromatic ring is 1. The Labute approximate surface area is 70.3 Å².